The van der Waals surface area contributed by atoms with Gasteiger partial charge in [0.15, 0.2) is 6.61 Å². The lowest BCUT2D eigenvalue weighted by molar-refractivity contribution is -0.123. The van der Waals surface area contributed by atoms with Gasteiger partial charge in [0.1, 0.15) is 5.75 Å². The molecular weight excluding hydrogens is 339 g/mol. The number of morpholine rings is 1. The van der Waals surface area contributed by atoms with Crippen LogP contribution in [0.25, 0.3) is 0 Å². The molecule has 0 unspecified atom stereocenters. The van der Waals surface area contributed by atoms with Gasteiger partial charge >= 0.3 is 0 Å². The minimum Gasteiger partial charge on any atom is -0.484 e. The van der Waals surface area contributed by atoms with Crippen LogP contribution < -0.4 is 10.1 Å². The van der Waals surface area contributed by atoms with Crippen LogP contribution in [0.2, 0.25) is 10.0 Å². The van der Waals surface area contributed by atoms with Gasteiger partial charge in [0.25, 0.3) is 5.91 Å². The smallest absolute Gasteiger partial charge is 0.257 e. The van der Waals surface area contributed by atoms with E-state index >= 15 is 0 Å². The Morgan fingerprint density at radius 2 is 2.00 bits per heavy atom. The SMILES string of the molecule is C[C@H]1CN(CCNC(=O)COc2ccc(Cl)c(Cl)c2)C[C@H](C)O1. The molecule has 1 aromatic rings. The number of carbonyl (C=O) groups is 1. The number of nitrogens with zero attached hydrogens (tertiary/aromatic N) is 1. The Hall–Kier alpha value is -1.01. The van der Waals surface area contributed by atoms with Gasteiger partial charge in [-0.1, -0.05) is 23.2 Å². The van der Waals surface area contributed by atoms with Gasteiger partial charge < -0.3 is 14.8 Å². The Morgan fingerprint density at radius 1 is 1.30 bits per heavy atom. The second-order valence-corrected chi connectivity index (χ2v) is 6.55. The van der Waals surface area contributed by atoms with Gasteiger partial charge in [0, 0.05) is 32.2 Å². The van der Waals surface area contributed by atoms with Crippen molar-refractivity contribution >= 4 is 29.1 Å². The zero-order valence-corrected chi connectivity index (χ0v) is 14.9. The monoisotopic (exact) mass is 360 g/mol. The number of halogens is 2. The summed E-state index contributed by atoms with van der Waals surface area (Å²) in [6.07, 6.45) is 0.458. The summed E-state index contributed by atoms with van der Waals surface area (Å²) >= 11 is 11.7. The molecule has 1 aromatic carbocycles. The van der Waals surface area contributed by atoms with Crippen molar-refractivity contribution in [2.24, 2.45) is 0 Å². The van der Waals surface area contributed by atoms with E-state index in [1.807, 2.05) is 0 Å². The molecule has 23 heavy (non-hydrogen) atoms. The lowest BCUT2D eigenvalue weighted by Gasteiger charge is -2.35. The largest absolute Gasteiger partial charge is 0.484 e. The molecule has 5 nitrogen and oxygen atoms in total. The van der Waals surface area contributed by atoms with Crippen LogP contribution in [-0.4, -0.2) is 55.8 Å². The second-order valence-electron chi connectivity index (χ2n) is 5.73. The predicted molar refractivity (Wildman–Crippen MR) is 91.4 cm³/mol. The molecule has 1 aliphatic rings. The number of rotatable bonds is 6. The van der Waals surface area contributed by atoms with Crippen molar-refractivity contribution < 1.29 is 14.3 Å². The number of ether oxygens (including phenoxy) is 2. The molecule has 1 aliphatic heterocycles. The molecule has 0 bridgehead atoms. The van der Waals surface area contributed by atoms with Crippen LogP contribution in [0.5, 0.6) is 5.75 Å². The van der Waals surface area contributed by atoms with Crippen LogP contribution in [0.1, 0.15) is 13.8 Å². The molecule has 1 saturated heterocycles. The minimum atomic E-state index is -0.162. The fourth-order valence-corrected chi connectivity index (χ4v) is 2.88. The van der Waals surface area contributed by atoms with Crippen LogP contribution in [0.4, 0.5) is 0 Å². The summed E-state index contributed by atoms with van der Waals surface area (Å²) in [5, 5.41) is 3.71. The van der Waals surface area contributed by atoms with Crippen molar-refractivity contribution in [3.05, 3.63) is 28.2 Å². The number of amides is 1. The van der Waals surface area contributed by atoms with Crippen LogP contribution in [0.15, 0.2) is 18.2 Å². The first-order valence-electron chi connectivity index (χ1n) is 7.66. The van der Waals surface area contributed by atoms with E-state index in [4.69, 9.17) is 32.7 Å². The van der Waals surface area contributed by atoms with Crippen LogP contribution in [-0.2, 0) is 9.53 Å². The van der Waals surface area contributed by atoms with Crippen LogP contribution in [0, 0.1) is 0 Å². The fraction of sp³-hybridized carbons (Fsp3) is 0.562. The Morgan fingerprint density at radius 3 is 2.65 bits per heavy atom. The summed E-state index contributed by atoms with van der Waals surface area (Å²) < 4.78 is 11.1. The first-order chi connectivity index (χ1) is 10.9. The predicted octanol–water partition coefficient (Wildman–Crippen LogP) is 2.60. The van der Waals surface area contributed by atoms with Gasteiger partial charge in [0.2, 0.25) is 0 Å². The molecule has 7 heteroatoms. The molecule has 2 atom stereocenters. The molecule has 0 saturated carbocycles. The van der Waals surface area contributed by atoms with E-state index in [2.05, 4.69) is 24.1 Å². The number of hydrogen-bond acceptors (Lipinski definition) is 4. The summed E-state index contributed by atoms with van der Waals surface area (Å²) in [6.45, 7) is 7.24. The van der Waals surface area contributed by atoms with Crippen LogP contribution >= 0.6 is 23.2 Å². The second kappa shape index (κ2) is 8.73. The fourth-order valence-electron chi connectivity index (χ4n) is 2.59. The molecular formula is C16H22Cl2N2O3. The van der Waals surface area contributed by atoms with Crippen molar-refractivity contribution in [3.8, 4) is 5.75 Å². The van der Waals surface area contributed by atoms with Crippen molar-refractivity contribution in [2.45, 2.75) is 26.1 Å². The van der Waals surface area contributed by atoms with Crippen LogP contribution in [0.3, 0.4) is 0 Å². The molecule has 1 amide bonds. The van der Waals surface area contributed by atoms with E-state index in [1.54, 1.807) is 18.2 Å². The molecule has 128 valence electrons. The molecule has 1 N–H and O–H groups in total. The standard InChI is InChI=1S/C16H22Cl2N2O3/c1-11-8-20(9-12(2)23-11)6-5-19-16(21)10-22-13-3-4-14(17)15(18)7-13/h3-4,7,11-12H,5-6,8-10H2,1-2H3,(H,19,21)/t11-,12-/m0/s1. The Kier molecular flexibility index (Phi) is 6.96. The van der Waals surface area contributed by atoms with E-state index in [9.17, 15) is 4.79 Å². The lowest BCUT2D eigenvalue weighted by Crippen LogP contribution is -2.48. The maximum atomic E-state index is 11.8. The van der Waals surface area contributed by atoms with Crippen molar-refractivity contribution in [3.63, 3.8) is 0 Å². The maximum Gasteiger partial charge on any atom is 0.257 e. The highest BCUT2D eigenvalue weighted by Gasteiger charge is 2.21. The summed E-state index contributed by atoms with van der Waals surface area (Å²) in [5.41, 5.74) is 0. The third-order valence-corrected chi connectivity index (χ3v) is 4.25. The van der Waals surface area contributed by atoms with E-state index in [0.717, 1.165) is 19.6 Å². The van der Waals surface area contributed by atoms with Gasteiger partial charge in [0.05, 0.1) is 22.3 Å². The van der Waals surface area contributed by atoms with E-state index in [0.29, 0.717) is 22.3 Å². The third-order valence-electron chi connectivity index (χ3n) is 3.51. The zero-order chi connectivity index (χ0) is 16.8. The number of hydrogen-bond donors (Lipinski definition) is 1. The molecule has 0 radical (unpaired) electrons. The molecule has 1 fully saturated rings. The quantitative estimate of drug-likeness (QED) is 0.846. The van der Waals surface area contributed by atoms with Crippen molar-refractivity contribution in [2.75, 3.05) is 32.8 Å². The summed E-state index contributed by atoms with van der Waals surface area (Å²) in [7, 11) is 0. The minimum absolute atomic E-state index is 0.0477. The molecule has 0 aromatic heterocycles. The van der Waals surface area contributed by atoms with Gasteiger partial charge in [-0.25, -0.2) is 0 Å². The average Bonchev–Trinajstić information content (AvgIpc) is 2.47. The van der Waals surface area contributed by atoms with E-state index < -0.39 is 0 Å². The number of nitrogens with one attached hydrogen (secondary N) is 1. The van der Waals surface area contributed by atoms with Gasteiger partial charge in [-0.2, -0.15) is 0 Å². The lowest BCUT2D eigenvalue weighted by atomic mass is 10.2. The normalized spacial score (nSPS) is 21.9. The number of benzene rings is 1. The zero-order valence-electron chi connectivity index (χ0n) is 13.4. The summed E-state index contributed by atoms with van der Waals surface area (Å²) in [5.74, 6) is 0.357. The topological polar surface area (TPSA) is 50.8 Å². The van der Waals surface area contributed by atoms with Gasteiger partial charge in [-0.05, 0) is 26.0 Å². The highest BCUT2D eigenvalue weighted by atomic mass is 35.5. The first-order valence-corrected chi connectivity index (χ1v) is 8.42. The molecule has 0 spiro atoms. The Bertz CT molecular complexity index is 532. The Balaban J connectivity index is 1.66. The molecule has 1 heterocycles. The highest BCUT2D eigenvalue weighted by molar-refractivity contribution is 6.42. The third kappa shape index (κ3) is 6.18. The number of carbonyl (C=O) groups excluding carboxylic acids is 1. The average molecular weight is 361 g/mol. The highest BCUT2D eigenvalue weighted by Crippen LogP contribution is 2.26. The van der Waals surface area contributed by atoms with Crippen molar-refractivity contribution in [1.82, 2.24) is 10.2 Å². The first kappa shape index (κ1) is 18.3. The molecule has 0 aliphatic carbocycles. The Labute approximate surface area is 146 Å². The summed E-state index contributed by atoms with van der Waals surface area (Å²) in [4.78, 5) is 14.1. The van der Waals surface area contributed by atoms with Crippen molar-refractivity contribution in [1.29, 1.82) is 0 Å². The van der Waals surface area contributed by atoms with Gasteiger partial charge in [-0.15, -0.1) is 0 Å². The summed E-state index contributed by atoms with van der Waals surface area (Å²) in [6, 6.07) is 4.91. The molecule has 2 rings (SSSR count). The van der Waals surface area contributed by atoms with E-state index in [-0.39, 0.29) is 24.7 Å². The maximum absolute atomic E-state index is 11.8. The van der Waals surface area contributed by atoms with E-state index in [1.165, 1.54) is 0 Å². The van der Waals surface area contributed by atoms with Gasteiger partial charge in [-0.3, -0.25) is 9.69 Å².